The number of hydrogen-bond acceptors (Lipinski definition) is 9. The van der Waals surface area contributed by atoms with Crippen LogP contribution in [0.25, 0.3) is 10.6 Å². The smallest absolute Gasteiger partial charge is 0.270 e. The number of rotatable bonds is 6. The van der Waals surface area contributed by atoms with Gasteiger partial charge in [-0.3, -0.25) is 10.1 Å². The Kier molecular flexibility index (Phi) is 4.94. The minimum atomic E-state index is -0.433. The Morgan fingerprint density at radius 1 is 1.27 bits per heavy atom. The first-order valence-corrected chi connectivity index (χ1v) is 8.59. The zero-order valence-corrected chi connectivity index (χ0v) is 14.7. The van der Waals surface area contributed by atoms with Crippen LogP contribution in [0.2, 0.25) is 0 Å². The second-order valence-electron chi connectivity index (χ2n) is 5.34. The van der Waals surface area contributed by atoms with Crippen molar-refractivity contribution in [1.29, 1.82) is 0 Å². The predicted octanol–water partition coefficient (Wildman–Crippen LogP) is 2.81. The summed E-state index contributed by atoms with van der Waals surface area (Å²) in [7, 11) is 0. The number of benzene rings is 1. The van der Waals surface area contributed by atoms with E-state index in [1.54, 1.807) is 12.1 Å². The number of aryl methyl sites for hydroxylation is 1. The highest BCUT2D eigenvalue weighted by atomic mass is 32.1. The zero-order chi connectivity index (χ0) is 18.7. The molecule has 0 fully saturated rings. The number of nitrogen functional groups attached to an aromatic ring is 2. The molecule has 0 aliphatic heterocycles. The molecule has 2 aromatic heterocycles. The molecule has 2 heterocycles. The third-order valence-corrected chi connectivity index (χ3v) is 4.47. The number of nitro groups is 1. The number of ether oxygens (including phenoxy) is 1. The molecule has 0 saturated carbocycles. The first-order valence-electron chi connectivity index (χ1n) is 7.71. The minimum Gasteiger partial charge on any atom is -0.481 e. The van der Waals surface area contributed by atoms with Gasteiger partial charge < -0.3 is 16.2 Å². The van der Waals surface area contributed by atoms with E-state index < -0.39 is 4.92 Å². The van der Waals surface area contributed by atoms with Crippen molar-refractivity contribution < 1.29 is 9.66 Å². The van der Waals surface area contributed by atoms with Gasteiger partial charge in [0.2, 0.25) is 5.95 Å². The number of nitrogens with two attached hydrogens (primary N) is 2. The topological polar surface area (TPSA) is 143 Å². The Morgan fingerprint density at radius 2 is 2.08 bits per heavy atom. The number of nitrogens with zero attached hydrogens (tertiary/aromatic N) is 4. The molecular formula is C16H16N6O3S. The molecule has 4 N–H and O–H groups in total. The van der Waals surface area contributed by atoms with Crippen molar-refractivity contribution in [3.05, 3.63) is 51.1 Å². The van der Waals surface area contributed by atoms with Gasteiger partial charge in [-0.2, -0.15) is 4.98 Å². The summed E-state index contributed by atoms with van der Waals surface area (Å²) < 4.78 is 5.74. The standard InChI is InChI=1S/C16H16N6O3S/c1-2-12-13(14(17)21-16(18)20-12)25-7-10-8-26-15(19-10)9-4-3-5-11(6-9)22(23)24/h3-6,8H,2,7H2,1H3,(H4,17,18,20,21). The van der Waals surface area contributed by atoms with Crippen molar-refractivity contribution in [2.24, 2.45) is 0 Å². The van der Waals surface area contributed by atoms with E-state index in [0.29, 0.717) is 34.1 Å². The van der Waals surface area contributed by atoms with E-state index in [1.807, 2.05) is 12.3 Å². The first-order chi connectivity index (χ1) is 12.5. The van der Waals surface area contributed by atoms with Crippen molar-refractivity contribution >= 4 is 28.8 Å². The maximum atomic E-state index is 10.9. The summed E-state index contributed by atoms with van der Waals surface area (Å²) in [6.07, 6.45) is 0.599. The van der Waals surface area contributed by atoms with Crippen LogP contribution in [0.3, 0.4) is 0 Å². The molecule has 1 aromatic carbocycles. The lowest BCUT2D eigenvalue weighted by molar-refractivity contribution is -0.384. The number of aromatic nitrogens is 3. The molecule has 0 radical (unpaired) electrons. The van der Waals surface area contributed by atoms with Gasteiger partial charge >= 0.3 is 0 Å². The van der Waals surface area contributed by atoms with Crippen LogP contribution < -0.4 is 16.2 Å². The second kappa shape index (κ2) is 7.31. The van der Waals surface area contributed by atoms with Crippen LogP contribution in [-0.4, -0.2) is 19.9 Å². The largest absolute Gasteiger partial charge is 0.481 e. The number of hydrogen-bond donors (Lipinski definition) is 2. The van der Waals surface area contributed by atoms with Gasteiger partial charge in [-0.1, -0.05) is 19.1 Å². The van der Waals surface area contributed by atoms with Gasteiger partial charge in [-0.25, -0.2) is 9.97 Å². The molecule has 0 unspecified atom stereocenters. The second-order valence-corrected chi connectivity index (χ2v) is 6.19. The van der Waals surface area contributed by atoms with Crippen molar-refractivity contribution in [3.63, 3.8) is 0 Å². The molecule has 9 nitrogen and oxygen atoms in total. The van der Waals surface area contributed by atoms with E-state index in [2.05, 4.69) is 15.0 Å². The van der Waals surface area contributed by atoms with Gasteiger partial charge in [0.15, 0.2) is 11.6 Å². The molecule has 10 heteroatoms. The van der Waals surface area contributed by atoms with Crippen LogP contribution in [0.15, 0.2) is 29.6 Å². The molecule has 0 bridgehead atoms. The maximum absolute atomic E-state index is 10.9. The van der Waals surface area contributed by atoms with E-state index in [4.69, 9.17) is 16.2 Å². The molecule has 26 heavy (non-hydrogen) atoms. The van der Waals surface area contributed by atoms with Crippen LogP contribution >= 0.6 is 11.3 Å². The van der Waals surface area contributed by atoms with Gasteiger partial charge in [-0.15, -0.1) is 11.3 Å². The summed E-state index contributed by atoms with van der Waals surface area (Å²) in [5, 5.41) is 13.4. The van der Waals surface area contributed by atoms with E-state index in [-0.39, 0.29) is 24.1 Å². The van der Waals surface area contributed by atoms with E-state index >= 15 is 0 Å². The predicted molar refractivity (Wildman–Crippen MR) is 98.8 cm³/mol. The molecule has 134 valence electrons. The normalized spacial score (nSPS) is 10.7. The van der Waals surface area contributed by atoms with E-state index in [9.17, 15) is 10.1 Å². The summed E-state index contributed by atoms with van der Waals surface area (Å²) in [6.45, 7) is 2.09. The Morgan fingerprint density at radius 3 is 2.81 bits per heavy atom. The average molecular weight is 372 g/mol. The molecule has 0 spiro atoms. The van der Waals surface area contributed by atoms with Crippen LogP contribution in [0.4, 0.5) is 17.5 Å². The lowest BCUT2D eigenvalue weighted by Crippen LogP contribution is -2.08. The fourth-order valence-corrected chi connectivity index (χ4v) is 3.14. The van der Waals surface area contributed by atoms with Crippen molar-refractivity contribution in [2.75, 3.05) is 11.5 Å². The Hall–Kier alpha value is -3.27. The highest BCUT2D eigenvalue weighted by Crippen LogP contribution is 2.29. The van der Waals surface area contributed by atoms with E-state index in [0.717, 1.165) is 0 Å². The highest BCUT2D eigenvalue weighted by molar-refractivity contribution is 7.13. The van der Waals surface area contributed by atoms with Gasteiger partial charge in [0.25, 0.3) is 5.69 Å². The van der Waals surface area contributed by atoms with Gasteiger partial charge in [-0.05, 0) is 6.42 Å². The van der Waals surface area contributed by atoms with Crippen molar-refractivity contribution in [1.82, 2.24) is 15.0 Å². The highest BCUT2D eigenvalue weighted by Gasteiger charge is 2.14. The first kappa shape index (κ1) is 17.5. The average Bonchev–Trinajstić information content (AvgIpc) is 3.09. The molecule has 0 amide bonds. The number of anilines is 2. The van der Waals surface area contributed by atoms with Crippen LogP contribution in [0, 0.1) is 10.1 Å². The summed E-state index contributed by atoms with van der Waals surface area (Å²) >= 11 is 1.38. The Bertz CT molecular complexity index is 959. The fraction of sp³-hybridized carbons (Fsp3) is 0.188. The number of nitro benzene ring substituents is 1. The van der Waals surface area contributed by atoms with Crippen molar-refractivity contribution in [3.8, 4) is 16.3 Å². The zero-order valence-electron chi connectivity index (χ0n) is 13.9. The quantitative estimate of drug-likeness (QED) is 0.496. The molecule has 0 atom stereocenters. The SMILES string of the molecule is CCc1nc(N)nc(N)c1OCc1csc(-c2cccc([N+](=O)[O-])c2)n1. The lowest BCUT2D eigenvalue weighted by Gasteiger charge is -2.11. The Balaban J connectivity index is 1.78. The van der Waals surface area contributed by atoms with Crippen LogP contribution in [0.1, 0.15) is 18.3 Å². The lowest BCUT2D eigenvalue weighted by atomic mass is 10.2. The molecule has 0 saturated heterocycles. The summed E-state index contributed by atoms with van der Waals surface area (Å²) in [5.74, 6) is 0.684. The number of non-ortho nitro benzene ring substituents is 1. The monoisotopic (exact) mass is 372 g/mol. The van der Waals surface area contributed by atoms with Crippen LogP contribution in [-0.2, 0) is 13.0 Å². The van der Waals surface area contributed by atoms with Gasteiger partial charge in [0, 0.05) is 23.1 Å². The minimum absolute atomic E-state index is 0.0230. The third-order valence-electron chi connectivity index (χ3n) is 3.53. The van der Waals surface area contributed by atoms with Gasteiger partial charge in [0.05, 0.1) is 16.3 Å². The van der Waals surface area contributed by atoms with E-state index in [1.165, 1.54) is 23.5 Å². The molecule has 0 aliphatic rings. The van der Waals surface area contributed by atoms with Crippen molar-refractivity contribution in [2.45, 2.75) is 20.0 Å². The maximum Gasteiger partial charge on any atom is 0.270 e. The summed E-state index contributed by atoms with van der Waals surface area (Å²) in [4.78, 5) is 23.0. The summed E-state index contributed by atoms with van der Waals surface area (Å²) in [6, 6.07) is 6.34. The third kappa shape index (κ3) is 3.70. The molecule has 3 aromatic rings. The molecular weight excluding hydrogens is 356 g/mol. The molecule has 3 rings (SSSR count). The van der Waals surface area contributed by atoms with Gasteiger partial charge in [0.1, 0.15) is 11.6 Å². The van der Waals surface area contributed by atoms with Crippen LogP contribution in [0.5, 0.6) is 5.75 Å². The molecule has 0 aliphatic carbocycles. The fourth-order valence-electron chi connectivity index (χ4n) is 2.34. The Labute approximate surface area is 152 Å². The number of thiazole rings is 1. The summed E-state index contributed by atoms with van der Waals surface area (Å²) in [5.41, 5.74) is 13.5.